The van der Waals surface area contributed by atoms with Crippen LogP contribution in [0.5, 0.6) is 0 Å². The minimum absolute atomic E-state index is 0.320. The highest BCUT2D eigenvalue weighted by Gasteiger charge is 2.16. The van der Waals surface area contributed by atoms with Crippen molar-refractivity contribution in [2.24, 2.45) is 5.92 Å². The molecule has 2 heteroatoms. The molecule has 0 aromatic heterocycles. The molecule has 0 heterocycles. The molecule has 0 aliphatic heterocycles. The van der Waals surface area contributed by atoms with E-state index in [1.807, 2.05) is 12.2 Å². The van der Waals surface area contributed by atoms with Crippen LogP contribution in [0, 0.1) is 5.92 Å². The van der Waals surface area contributed by atoms with Crippen LogP contribution in [0.3, 0.4) is 0 Å². The monoisotopic (exact) mass is 194 g/mol. The van der Waals surface area contributed by atoms with Crippen LogP contribution in [0.1, 0.15) is 25.7 Å². The third-order valence-corrected chi connectivity index (χ3v) is 2.73. The highest BCUT2D eigenvalue weighted by molar-refractivity contribution is 5.12. The van der Waals surface area contributed by atoms with E-state index in [1.165, 1.54) is 0 Å². The van der Waals surface area contributed by atoms with E-state index < -0.39 is 0 Å². The summed E-state index contributed by atoms with van der Waals surface area (Å²) in [7, 11) is 0. The normalized spacial score (nSPS) is 24.6. The molecule has 0 N–H and O–H groups in total. The lowest BCUT2D eigenvalue weighted by Gasteiger charge is -2.19. The minimum atomic E-state index is -0.320. The van der Waals surface area contributed by atoms with Gasteiger partial charge in [0.2, 0.25) is 0 Å². The van der Waals surface area contributed by atoms with E-state index in [4.69, 9.17) is 4.74 Å². The minimum Gasteiger partial charge on any atom is -0.470 e. The third-order valence-electron chi connectivity index (χ3n) is 2.73. The summed E-state index contributed by atoms with van der Waals surface area (Å²) >= 11 is 0. The maximum absolute atomic E-state index is 13.2. The number of hydrogen-bond donors (Lipinski definition) is 0. The Labute approximate surface area is 84.0 Å². The molecule has 0 amide bonds. The van der Waals surface area contributed by atoms with E-state index in [0.717, 1.165) is 31.3 Å². The Bertz CT molecular complexity index is 283. The van der Waals surface area contributed by atoms with Crippen LogP contribution < -0.4 is 0 Å². The molecular weight excluding hydrogens is 179 g/mol. The third kappa shape index (κ3) is 2.25. The maximum atomic E-state index is 13.2. The van der Waals surface area contributed by atoms with Gasteiger partial charge in [-0.1, -0.05) is 24.3 Å². The first-order valence-electron chi connectivity index (χ1n) is 5.20. The van der Waals surface area contributed by atoms with Crippen molar-refractivity contribution in [3.8, 4) is 0 Å². The Morgan fingerprint density at radius 1 is 1.43 bits per heavy atom. The van der Waals surface area contributed by atoms with Crippen LogP contribution in [0.2, 0.25) is 0 Å². The molecule has 0 unspecified atom stereocenters. The summed E-state index contributed by atoms with van der Waals surface area (Å²) in [6.45, 7) is 0.468. The van der Waals surface area contributed by atoms with Gasteiger partial charge in [0.25, 0.3) is 6.01 Å². The van der Waals surface area contributed by atoms with Crippen LogP contribution >= 0.6 is 0 Å². The Balaban J connectivity index is 1.76. The smallest absolute Gasteiger partial charge is 0.271 e. The first kappa shape index (κ1) is 9.50. The van der Waals surface area contributed by atoms with E-state index in [9.17, 15) is 4.39 Å². The van der Waals surface area contributed by atoms with Crippen molar-refractivity contribution >= 4 is 0 Å². The van der Waals surface area contributed by atoms with Crippen molar-refractivity contribution in [1.29, 1.82) is 0 Å². The Morgan fingerprint density at radius 3 is 2.86 bits per heavy atom. The lowest BCUT2D eigenvalue weighted by Crippen LogP contribution is -2.09. The Morgan fingerprint density at radius 2 is 2.29 bits per heavy atom. The van der Waals surface area contributed by atoms with Crippen molar-refractivity contribution in [2.75, 3.05) is 6.61 Å². The molecule has 1 nitrogen and oxygen atoms in total. The van der Waals surface area contributed by atoms with Gasteiger partial charge < -0.3 is 4.74 Å². The fourth-order valence-electron chi connectivity index (χ4n) is 1.59. The summed E-state index contributed by atoms with van der Waals surface area (Å²) in [6, 6.07) is -0.320. The molecule has 0 saturated heterocycles. The van der Waals surface area contributed by atoms with Crippen LogP contribution in [-0.2, 0) is 4.74 Å². The summed E-state index contributed by atoms with van der Waals surface area (Å²) < 4.78 is 18.3. The largest absolute Gasteiger partial charge is 0.470 e. The molecule has 1 atom stereocenters. The van der Waals surface area contributed by atoms with E-state index >= 15 is 0 Å². The predicted octanol–water partition coefficient (Wildman–Crippen LogP) is 3.50. The Hall–Kier alpha value is -1.05. The molecule has 76 valence electrons. The van der Waals surface area contributed by atoms with Gasteiger partial charge in [-0.3, -0.25) is 0 Å². The zero-order valence-electron chi connectivity index (χ0n) is 8.21. The number of ether oxygens (including phenoxy) is 1. The van der Waals surface area contributed by atoms with Gasteiger partial charge in [0.05, 0.1) is 6.61 Å². The van der Waals surface area contributed by atoms with Gasteiger partial charge in [-0.25, -0.2) is 0 Å². The summed E-state index contributed by atoms with van der Waals surface area (Å²) in [5.41, 5.74) is 0.861. The fourth-order valence-corrected chi connectivity index (χ4v) is 1.59. The van der Waals surface area contributed by atoms with Gasteiger partial charge in [-0.05, 0) is 25.7 Å². The second kappa shape index (κ2) is 4.45. The summed E-state index contributed by atoms with van der Waals surface area (Å²) in [5.74, 6) is 0.339. The first-order valence-corrected chi connectivity index (χ1v) is 5.20. The second-order valence-corrected chi connectivity index (χ2v) is 3.85. The lowest BCUT2D eigenvalue weighted by atomic mass is 9.93. The molecule has 0 spiro atoms. The van der Waals surface area contributed by atoms with Gasteiger partial charge in [-0.2, -0.15) is 4.39 Å². The maximum Gasteiger partial charge on any atom is 0.271 e. The van der Waals surface area contributed by atoms with E-state index in [2.05, 4.69) is 12.2 Å². The molecule has 0 radical (unpaired) electrons. The van der Waals surface area contributed by atoms with Crippen LogP contribution in [0.15, 0.2) is 35.9 Å². The summed E-state index contributed by atoms with van der Waals surface area (Å²) in [6.07, 6.45) is 12.0. The van der Waals surface area contributed by atoms with Crippen molar-refractivity contribution in [2.45, 2.75) is 25.7 Å². The van der Waals surface area contributed by atoms with Gasteiger partial charge >= 0.3 is 0 Å². The van der Waals surface area contributed by atoms with Crippen LogP contribution in [0.25, 0.3) is 0 Å². The standard InChI is InChI=1S/C12H15FO/c13-12(11-7-4-8-11)14-9-10-5-2-1-3-6-10/h1-3,5,10H,4,6-9H2/t10-/m1/s1. The molecule has 2 rings (SSSR count). The quantitative estimate of drug-likeness (QED) is 0.625. The molecule has 0 aromatic carbocycles. The molecule has 1 fully saturated rings. The van der Waals surface area contributed by atoms with Crippen LogP contribution in [-0.4, -0.2) is 6.61 Å². The highest BCUT2D eigenvalue weighted by atomic mass is 19.1. The molecule has 2 aliphatic carbocycles. The first-order chi connectivity index (χ1) is 6.86. The van der Waals surface area contributed by atoms with E-state index in [-0.39, 0.29) is 6.01 Å². The number of rotatable bonds is 3. The van der Waals surface area contributed by atoms with Crippen LogP contribution in [0.4, 0.5) is 4.39 Å². The van der Waals surface area contributed by atoms with Crippen molar-refractivity contribution in [3.05, 3.63) is 35.9 Å². The number of hydrogen-bond acceptors (Lipinski definition) is 1. The van der Waals surface area contributed by atoms with Crippen molar-refractivity contribution in [3.63, 3.8) is 0 Å². The fraction of sp³-hybridized carbons (Fsp3) is 0.500. The zero-order chi connectivity index (χ0) is 9.80. The summed E-state index contributed by atoms with van der Waals surface area (Å²) in [5, 5.41) is 0. The van der Waals surface area contributed by atoms with Gasteiger partial charge in [0.1, 0.15) is 0 Å². The van der Waals surface area contributed by atoms with Gasteiger partial charge in [0, 0.05) is 11.5 Å². The van der Waals surface area contributed by atoms with Gasteiger partial charge in [-0.15, -0.1) is 0 Å². The number of allylic oxidation sites excluding steroid dienone is 4. The SMILES string of the molecule is FC(OC[C@@H]1C=CC=CC1)=C1CCC1. The van der Waals surface area contributed by atoms with Crippen molar-refractivity contribution in [1.82, 2.24) is 0 Å². The van der Waals surface area contributed by atoms with E-state index in [1.54, 1.807) is 0 Å². The van der Waals surface area contributed by atoms with Gasteiger partial charge in [0.15, 0.2) is 0 Å². The highest BCUT2D eigenvalue weighted by Crippen LogP contribution is 2.30. The lowest BCUT2D eigenvalue weighted by molar-refractivity contribution is 0.116. The second-order valence-electron chi connectivity index (χ2n) is 3.85. The molecule has 0 aromatic rings. The van der Waals surface area contributed by atoms with E-state index in [0.29, 0.717) is 12.5 Å². The number of halogens is 1. The predicted molar refractivity (Wildman–Crippen MR) is 54.3 cm³/mol. The average Bonchev–Trinajstić information content (AvgIpc) is 2.14. The molecule has 2 aliphatic rings. The summed E-state index contributed by atoms with van der Waals surface area (Å²) in [4.78, 5) is 0. The van der Waals surface area contributed by atoms with Crippen molar-refractivity contribution < 1.29 is 9.13 Å². The Kier molecular flexibility index (Phi) is 3.02. The molecular formula is C12H15FO. The average molecular weight is 194 g/mol. The zero-order valence-corrected chi connectivity index (χ0v) is 8.21. The molecule has 0 bridgehead atoms. The topological polar surface area (TPSA) is 9.23 Å². The molecule has 1 saturated carbocycles. The molecule has 14 heavy (non-hydrogen) atoms.